The van der Waals surface area contributed by atoms with Gasteiger partial charge >= 0.3 is 5.97 Å². The molecule has 4 aromatic rings. The van der Waals surface area contributed by atoms with Crippen molar-refractivity contribution < 1.29 is 24.1 Å². The van der Waals surface area contributed by atoms with Crippen LogP contribution in [-0.4, -0.2) is 36.4 Å². The van der Waals surface area contributed by atoms with Crippen LogP contribution in [0.4, 0.5) is 0 Å². The molecule has 1 aliphatic carbocycles. The molecule has 0 radical (unpaired) electrons. The van der Waals surface area contributed by atoms with Crippen molar-refractivity contribution in [2.24, 2.45) is 0 Å². The van der Waals surface area contributed by atoms with Gasteiger partial charge in [0.25, 0.3) is 0 Å². The maximum atomic E-state index is 13.2. The molecule has 0 aliphatic heterocycles. The summed E-state index contributed by atoms with van der Waals surface area (Å²) in [7, 11) is 1.61. The number of allylic oxidation sites excluding steroid dienone is 1. The van der Waals surface area contributed by atoms with Crippen LogP contribution in [-0.2, 0) is 11.2 Å². The molecule has 176 valence electrons. The molecular weight excluding hydrogens is 442 g/mol. The fourth-order valence-corrected chi connectivity index (χ4v) is 4.32. The second-order valence-corrected chi connectivity index (χ2v) is 8.25. The summed E-state index contributed by atoms with van der Waals surface area (Å²) in [5.41, 5.74) is 5.11. The van der Waals surface area contributed by atoms with E-state index in [9.17, 15) is 9.90 Å². The number of carbonyl (C=O) groups is 1. The van der Waals surface area contributed by atoms with Crippen LogP contribution in [0.15, 0.2) is 72.8 Å². The molecular formula is C29H25NO5. The Labute approximate surface area is 203 Å². The molecule has 0 spiro atoms. The number of methoxy groups -OCH3 is 1. The number of para-hydroxylation sites is 1. The fourth-order valence-electron chi connectivity index (χ4n) is 4.32. The van der Waals surface area contributed by atoms with Crippen LogP contribution >= 0.6 is 0 Å². The number of nitrogens with zero attached hydrogens (tertiary/aromatic N) is 1. The standard InChI is InChI=1S/C29H25NO5/c1-33-22-11-13-23(14-12-22)34-16-17-35-29(32)27-24-4-2-3-5-26(24)30-28-20(8-15-25(27)28)18-19-6-9-21(31)10-7-19/h2-7,9-14,18,31H,8,15-17H2,1H3/b20-18-. The Balaban J connectivity index is 1.37. The van der Waals surface area contributed by atoms with E-state index < -0.39 is 0 Å². The summed E-state index contributed by atoms with van der Waals surface area (Å²) in [6.45, 7) is 0.377. The molecule has 0 atom stereocenters. The van der Waals surface area contributed by atoms with Crippen molar-refractivity contribution in [1.29, 1.82) is 0 Å². The summed E-state index contributed by atoms with van der Waals surface area (Å²) >= 11 is 0. The number of hydrogen-bond acceptors (Lipinski definition) is 6. The van der Waals surface area contributed by atoms with Crippen LogP contribution in [0.3, 0.4) is 0 Å². The third-order valence-corrected chi connectivity index (χ3v) is 6.02. The van der Waals surface area contributed by atoms with Gasteiger partial charge in [0, 0.05) is 5.39 Å². The third-order valence-electron chi connectivity index (χ3n) is 6.02. The van der Waals surface area contributed by atoms with E-state index in [-0.39, 0.29) is 24.9 Å². The zero-order chi connectivity index (χ0) is 24.2. The van der Waals surface area contributed by atoms with Gasteiger partial charge in [-0.3, -0.25) is 0 Å². The highest BCUT2D eigenvalue weighted by atomic mass is 16.6. The molecule has 1 heterocycles. The van der Waals surface area contributed by atoms with Crippen LogP contribution in [0.2, 0.25) is 0 Å². The van der Waals surface area contributed by atoms with E-state index in [1.54, 1.807) is 19.2 Å². The summed E-state index contributed by atoms with van der Waals surface area (Å²) in [5, 5.41) is 10.4. The van der Waals surface area contributed by atoms with Gasteiger partial charge in [-0.1, -0.05) is 30.3 Å². The van der Waals surface area contributed by atoms with Crippen molar-refractivity contribution in [1.82, 2.24) is 4.98 Å². The van der Waals surface area contributed by atoms with Crippen LogP contribution in [0.1, 0.15) is 33.6 Å². The lowest BCUT2D eigenvalue weighted by Crippen LogP contribution is -2.15. The number of rotatable bonds is 7. The SMILES string of the molecule is COc1ccc(OCCOC(=O)c2c3c(nc4ccccc24)/C(=C\c2ccc(O)cc2)CC3)cc1. The Morgan fingerprint density at radius 1 is 0.943 bits per heavy atom. The third kappa shape index (κ3) is 4.82. The first-order valence-electron chi connectivity index (χ1n) is 11.5. The number of aromatic hydroxyl groups is 1. The molecule has 3 aromatic carbocycles. The molecule has 0 bridgehead atoms. The molecule has 6 nitrogen and oxygen atoms in total. The summed E-state index contributed by atoms with van der Waals surface area (Å²) in [6.07, 6.45) is 3.55. The highest BCUT2D eigenvalue weighted by molar-refractivity contribution is 6.07. The number of phenolic OH excluding ortho intramolecular Hbond substituents is 1. The molecule has 35 heavy (non-hydrogen) atoms. The summed E-state index contributed by atoms with van der Waals surface area (Å²) in [6, 6.07) is 21.9. The molecule has 5 rings (SSSR count). The summed E-state index contributed by atoms with van der Waals surface area (Å²) in [5.74, 6) is 1.29. The topological polar surface area (TPSA) is 77.9 Å². The minimum absolute atomic E-state index is 0.131. The lowest BCUT2D eigenvalue weighted by atomic mass is 10.0. The number of aromatic nitrogens is 1. The molecule has 0 saturated carbocycles. The van der Waals surface area contributed by atoms with Gasteiger partial charge in [0.05, 0.1) is 23.9 Å². The Hall–Kier alpha value is -4.32. The van der Waals surface area contributed by atoms with E-state index in [0.717, 1.165) is 45.5 Å². The maximum Gasteiger partial charge on any atom is 0.339 e. The Bertz CT molecular complexity index is 1390. The monoisotopic (exact) mass is 467 g/mol. The van der Waals surface area contributed by atoms with Gasteiger partial charge in [0.1, 0.15) is 30.5 Å². The van der Waals surface area contributed by atoms with Crippen LogP contribution < -0.4 is 9.47 Å². The maximum absolute atomic E-state index is 13.2. The van der Waals surface area contributed by atoms with Crippen LogP contribution in [0.5, 0.6) is 17.2 Å². The zero-order valence-corrected chi connectivity index (χ0v) is 19.4. The first-order chi connectivity index (χ1) is 17.1. The minimum atomic E-state index is -0.371. The van der Waals surface area contributed by atoms with Crippen molar-refractivity contribution in [3.05, 3.63) is 95.2 Å². The molecule has 0 fully saturated rings. The van der Waals surface area contributed by atoms with E-state index in [1.165, 1.54) is 0 Å². The average Bonchev–Trinajstić information content (AvgIpc) is 3.28. The Morgan fingerprint density at radius 2 is 1.69 bits per heavy atom. The predicted molar refractivity (Wildman–Crippen MR) is 135 cm³/mol. The van der Waals surface area contributed by atoms with E-state index in [1.807, 2.05) is 60.7 Å². The number of pyridine rings is 1. The molecule has 0 saturated heterocycles. The molecule has 1 N–H and O–H groups in total. The highest BCUT2D eigenvalue weighted by Gasteiger charge is 2.27. The minimum Gasteiger partial charge on any atom is -0.508 e. The van der Waals surface area contributed by atoms with Crippen molar-refractivity contribution in [2.75, 3.05) is 20.3 Å². The van der Waals surface area contributed by atoms with E-state index in [0.29, 0.717) is 17.7 Å². The van der Waals surface area contributed by atoms with E-state index in [4.69, 9.17) is 19.2 Å². The van der Waals surface area contributed by atoms with Gasteiger partial charge in [0.15, 0.2) is 0 Å². The second-order valence-electron chi connectivity index (χ2n) is 8.25. The number of carbonyl (C=O) groups excluding carboxylic acids is 1. The van der Waals surface area contributed by atoms with Gasteiger partial charge in [-0.25, -0.2) is 9.78 Å². The normalized spacial score (nSPS) is 13.6. The van der Waals surface area contributed by atoms with E-state index in [2.05, 4.69) is 6.08 Å². The number of ether oxygens (including phenoxy) is 3. The van der Waals surface area contributed by atoms with Crippen molar-refractivity contribution in [2.45, 2.75) is 12.8 Å². The van der Waals surface area contributed by atoms with Crippen molar-refractivity contribution >= 4 is 28.5 Å². The van der Waals surface area contributed by atoms with E-state index >= 15 is 0 Å². The van der Waals surface area contributed by atoms with Crippen molar-refractivity contribution in [3.63, 3.8) is 0 Å². The van der Waals surface area contributed by atoms with Gasteiger partial charge in [0.2, 0.25) is 0 Å². The average molecular weight is 468 g/mol. The Kier molecular flexibility index (Phi) is 6.35. The summed E-state index contributed by atoms with van der Waals surface area (Å²) < 4.78 is 16.5. The molecule has 0 unspecified atom stereocenters. The number of esters is 1. The first-order valence-corrected chi connectivity index (χ1v) is 11.5. The first kappa shape index (κ1) is 22.5. The van der Waals surface area contributed by atoms with Crippen LogP contribution in [0, 0.1) is 0 Å². The zero-order valence-electron chi connectivity index (χ0n) is 19.4. The molecule has 0 amide bonds. The van der Waals surface area contributed by atoms with Gasteiger partial charge in [-0.2, -0.15) is 0 Å². The lowest BCUT2D eigenvalue weighted by molar-refractivity contribution is 0.0451. The van der Waals surface area contributed by atoms with Crippen molar-refractivity contribution in [3.8, 4) is 17.2 Å². The lowest BCUT2D eigenvalue weighted by Gasteiger charge is -2.13. The predicted octanol–water partition coefficient (Wildman–Crippen LogP) is 5.67. The highest BCUT2D eigenvalue weighted by Crippen LogP contribution is 2.38. The largest absolute Gasteiger partial charge is 0.508 e. The second kappa shape index (κ2) is 9.89. The number of benzene rings is 3. The molecule has 1 aromatic heterocycles. The quantitative estimate of drug-likeness (QED) is 0.279. The number of fused-ring (bicyclic) bond motifs is 2. The number of hydrogen-bond donors (Lipinski definition) is 1. The molecule has 6 heteroatoms. The van der Waals surface area contributed by atoms with Gasteiger partial charge in [-0.05, 0) is 78.1 Å². The van der Waals surface area contributed by atoms with Gasteiger partial charge < -0.3 is 19.3 Å². The number of phenols is 1. The van der Waals surface area contributed by atoms with Gasteiger partial charge in [-0.15, -0.1) is 0 Å². The fraction of sp³-hybridized carbons (Fsp3) is 0.172. The Morgan fingerprint density at radius 3 is 2.46 bits per heavy atom. The molecule has 1 aliphatic rings. The summed E-state index contributed by atoms with van der Waals surface area (Å²) in [4.78, 5) is 18.1. The smallest absolute Gasteiger partial charge is 0.339 e. The van der Waals surface area contributed by atoms with Crippen LogP contribution in [0.25, 0.3) is 22.6 Å².